The predicted octanol–water partition coefficient (Wildman–Crippen LogP) is 4.10. The molecule has 0 aromatic rings. The van der Waals surface area contributed by atoms with Gasteiger partial charge >= 0.3 is 5.97 Å². The minimum Gasteiger partial charge on any atom is -0.460 e. The number of alkyl halides is 1. The van der Waals surface area contributed by atoms with Crippen LogP contribution in [-0.2, 0) is 14.0 Å². The van der Waals surface area contributed by atoms with E-state index in [4.69, 9.17) is 20.8 Å². The van der Waals surface area contributed by atoms with Crippen molar-refractivity contribution in [2.75, 3.05) is 5.88 Å². The first kappa shape index (κ1) is 21.9. The van der Waals surface area contributed by atoms with Gasteiger partial charge in [0.2, 0.25) is 0 Å². The van der Waals surface area contributed by atoms with Gasteiger partial charge in [0, 0.05) is 5.88 Å². The zero-order valence-electron chi connectivity index (χ0n) is 15.3. The Morgan fingerprint density at radius 1 is 1.18 bits per heavy atom. The number of ether oxygens (including phenoxy) is 1. The fraction of sp³-hybridized carbons (Fsp3) is 0.938. The monoisotopic (exact) mass is 352 g/mol. The maximum Gasteiger partial charge on any atom is 0.308 e. The van der Waals surface area contributed by atoms with Gasteiger partial charge in [-0.05, 0) is 45.3 Å². The van der Waals surface area contributed by atoms with Crippen LogP contribution in [0.25, 0.3) is 0 Å². The van der Waals surface area contributed by atoms with Crippen LogP contribution in [-0.4, -0.2) is 43.1 Å². The Morgan fingerprint density at radius 2 is 1.68 bits per heavy atom. The third-order valence-corrected chi connectivity index (χ3v) is 8.68. The van der Waals surface area contributed by atoms with E-state index < -0.39 is 26.0 Å². The molecule has 0 saturated heterocycles. The molecule has 22 heavy (non-hydrogen) atoms. The molecule has 0 bridgehead atoms. The summed E-state index contributed by atoms with van der Waals surface area (Å²) in [5, 5.41) is 10.2. The fourth-order valence-electron chi connectivity index (χ4n) is 1.70. The molecule has 4 nitrogen and oxygen atoms in total. The molecule has 0 fully saturated rings. The van der Waals surface area contributed by atoms with Crippen molar-refractivity contribution in [3.63, 3.8) is 0 Å². The highest BCUT2D eigenvalue weighted by molar-refractivity contribution is 6.74. The Bertz CT molecular complexity index is 358. The van der Waals surface area contributed by atoms with Gasteiger partial charge in [-0.25, -0.2) is 0 Å². The largest absolute Gasteiger partial charge is 0.460 e. The van der Waals surface area contributed by atoms with E-state index in [0.717, 1.165) is 0 Å². The quantitative estimate of drug-likeness (QED) is 0.426. The van der Waals surface area contributed by atoms with Crippen LogP contribution >= 0.6 is 11.6 Å². The number of aliphatic hydroxyl groups excluding tert-OH is 1. The molecule has 0 aromatic heterocycles. The van der Waals surface area contributed by atoms with Gasteiger partial charge in [0.1, 0.15) is 5.60 Å². The summed E-state index contributed by atoms with van der Waals surface area (Å²) in [7, 11) is -1.95. The van der Waals surface area contributed by atoms with Gasteiger partial charge in [0.05, 0.1) is 18.6 Å². The molecular weight excluding hydrogens is 320 g/mol. The first-order chi connectivity index (χ1) is 9.68. The minimum atomic E-state index is -1.95. The normalized spacial score (nSPS) is 16.3. The molecule has 0 aliphatic rings. The highest BCUT2D eigenvalue weighted by Crippen LogP contribution is 2.37. The Hall–Kier alpha value is -0.103. The first-order valence-corrected chi connectivity index (χ1v) is 11.3. The fourth-order valence-corrected chi connectivity index (χ4v) is 3.36. The summed E-state index contributed by atoms with van der Waals surface area (Å²) in [4.78, 5) is 11.7. The molecule has 0 heterocycles. The number of hydrogen-bond donors (Lipinski definition) is 1. The number of aliphatic hydroxyl groups is 1. The molecule has 2 unspecified atom stereocenters. The second kappa shape index (κ2) is 8.13. The molecular formula is C16H33ClO4Si. The van der Waals surface area contributed by atoms with Crippen molar-refractivity contribution >= 4 is 25.9 Å². The number of hydrogen-bond acceptors (Lipinski definition) is 4. The topological polar surface area (TPSA) is 55.8 Å². The van der Waals surface area contributed by atoms with E-state index in [1.54, 1.807) is 20.8 Å². The maximum atomic E-state index is 11.7. The van der Waals surface area contributed by atoms with Crippen LogP contribution in [0.5, 0.6) is 0 Å². The van der Waals surface area contributed by atoms with Crippen molar-refractivity contribution in [3.05, 3.63) is 0 Å². The molecule has 0 aliphatic carbocycles. The minimum absolute atomic E-state index is 0.0362. The van der Waals surface area contributed by atoms with Gasteiger partial charge in [-0.3, -0.25) is 4.79 Å². The third-order valence-electron chi connectivity index (χ3n) is 3.80. The lowest BCUT2D eigenvalue weighted by Gasteiger charge is -2.39. The number of halogens is 1. The van der Waals surface area contributed by atoms with Crippen molar-refractivity contribution in [1.82, 2.24) is 0 Å². The second-order valence-electron chi connectivity index (χ2n) is 8.33. The highest BCUT2D eigenvalue weighted by atomic mass is 35.5. The molecule has 132 valence electrons. The van der Waals surface area contributed by atoms with E-state index in [9.17, 15) is 9.90 Å². The molecule has 0 saturated carbocycles. The summed E-state index contributed by atoms with van der Waals surface area (Å²) in [6.45, 7) is 16.2. The van der Waals surface area contributed by atoms with Crippen molar-refractivity contribution in [2.45, 2.75) is 90.3 Å². The van der Waals surface area contributed by atoms with Crippen molar-refractivity contribution < 1.29 is 19.1 Å². The lowest BCUT2D eigenvalue weighted by atomic mass is 10.1. The number of carbonyl (C=O) groups is 1. The van der Waals surface area contributed by atoms with E-state index in [1.165, 1.54) is 0 Å². The molecule has 0 amide bonds. The van der Waals surface area contributed by atoms with Crippen LogP contribution in [0.15, 0.2) is 0 Å². The SMILES string of the molecule is CC(C)(C)OC(=O)CC(O)CC(CCl)O[Si](C)(C)C(C)(C)C. The summed E-state index contributed by atoms with van der Waals surface area (Å²) < 4.78 is 11.4. The first-order valence-electron chi connectivity index (χ1n) is 7.81. The molecule has 0 aromatic carbocycles. The van der Waals surface area contributed by atoms with Crippen LogP contribution in [0.4, 0.5) is 0 Å². The van der Waals surface area contributed by atoms with Gasteiger partial charge in [-0.1, -0.05) is 20.8 Å². The second-order valence-corrected chi connectivity index (χ2v) is 13.4. The average molecular weight is 353 g/mol. The van der Waals surface area contributed by atoms with Crippen LogP contribution < -0.4 is 0 Å². The molecule has 0 radical (unpaired) electrons. The Kier molecular flexibility index (Phi) is 8.09. The van der Waals surface area contributed by atoms with Crippen LogP contribution in [0.2, 0.25) is 18.1 Å². The molecule has 2 atom stereocenters. The van der Waals surface area contributed by atoms with Crippen LogP contribution in [0.3, 0.4) is 0 Å². The number of carbonyl (C=O) groups excluding carboxylic acids is 1. The summed E-state index contributed by atoms with van der Waals surface area (Å²) in [5.74, 6) is -0.0987. The predicted molar refractivity (Wildman–Crippen MR) is 93.9 cm³/mol. The molecule has 0 aliphatic heterocycles. The number of rotatable bonds is 7. The van der Waals surface area contributed by atoms with E-state index in [2.05, 4.69) is 33.9 Å². The maximum absolute atomic E-state index is 11.7. The molecule has 0 spiro atoms. The van der Waals surface area contributed by atoms with E-state index in [1.807, 2.05) is 0 Å². The average Bonchev–Trinajstić information content (AvgIpc) is 2.22. The van der Waals surface area contributed by atoms with Crippen molar-refractivity contribution in [3.8, 4) is 0 Å². The lowest BCUT2D eigenvalue weighted by Crippen LogP contribution is -2.45. The molecule has 6 heteroatoms. The van der Waals surface area contributed by atoms with Crippen molar-refractivity contribution in [2.24, 2.45) is 0 Å². The smallest absolute Gasteiger partial charge is 0.308 e. The van der Waals surface area contributed by atoms with E-state index in [0.29, 0.717) is 12.3 Å². The van der Waals surface area contributed by atoms with Crippen LogP contribution in [0, 0.1) is 0 Å². The summed E-state index contributed by atoms with van der Waals surface area (Å²) in [6, 6.07) is 0. The van der Waals surface area contributed by atoms with Crippen molar-refractivity contribution in [1.29, 1.82) is 0 Å². The van der Waals surface area contributed by atoms with E-state index in [-0.39, 0.29) is 17.6 Å². The van der Waals surface area contributed by atoms with Gasteiger partial charge in [0.25, 0.3) is 0 Å². The zero-order chi connectivity index (χ0) is 17.8. The van der Waals surface area contributed by atoms with Gasteiger partial charge < -0.3 is 14.3 Å². The Morgan fingerprint density at radius 3 is 2.05 bits per heavy atom. The highest BCUT2D eigenvalue weighted by Gasteiger charge is 2.39. The number of esters is 1. The summed E-state index contributed by atoms with van der Waals surface area (Å²) in [6.07, 6.45) is -0.746. The Labute approximate surface area is 141 Å². The van der Waals surface area contributed by atoms with Gasteiger partial charge in [-0.2, -0.15) is 0 Å². The Balaban J connectivity index is 4.53. The lowest BCUT2D eigenvalue weighted by molar-refractivity contribution is -0.157. The van der Waals surface area contributed by atoms with Crippen LogP contribution in [0.1, 0.15) is 54.4 Å². The molecule has 0 rings (SSSR count). The van der Waals surface area contributed by atoms with Gasteiger partial charge in [-0.15, -0.1) is 11.6 Å². The standard InChI is InChI=1S/C16H33ClO4Si/c1-15(2,3)20-14(19)10-12(18)9-13(11-17)21-22(7,8)16(4,5)6/h12-13,18H,9-11H2,1-8H3. The summed E-state index contributed by atoms with van der Waals surface area (Å²) in [5.41, 5.74) is -0.541. The van der Waals surface area contributed by atoms with Gasteiger partial charge in [0.15, 0.2) is 8.32 Å². The summed E-state index contributed by atoms with van der Waals surface area (Å²) >= 11 is 5.98. The third kappa shape index (κ3) is 8.51. The van der Waals surface area contributed by atoms with E-state index >= 15 is 0 Å². The molecule has 1 N–H and O–H groups in total. The zero-order valence-corrected chi connectivity index (χ0v) is 17.1.